The van der Waals surface area contributed by atoms with E-state index in [0.717, 1.165) is 25.9 Å². The summed E-state index contributed by atoms with van der Waals surface area (Å²) in [6, 6.07) is 8.98. The fraction of sp³-hybridized carbons (Fsp3) is 0.357. The third-order valence-corrected chi connectivity index (χ3v) is 4.91. The van der Waals surface area contributed by atoms with Gasteiger partial charge in [0.25, 0.3) is 5.95 Å². The molecule has 7 nitrogen and oxygen atoms in total. The zero-order valence-corrected chi connectivity index (χ0v) is 12.8. The number of benzene rings is 1. The largest absolute Gasteiger partial charge is 0.362 e. The molecular weight excluding hydrogens is 302 g/mol. The molecule has 0 aliphatic carbocycles. The second kappa shape index (κ2) is 6.27. The summed E-state index contributed by atoms with van der Waals surface area (Å²) in [7, 11) is -3.55. The number of H-pyrrole nitrogens is 1. The predicted octanol–water partition coefficient (Wildman–Crippen LogP) is 1.53. The maximum absolute atomic E-state index is 12.3. The summed E-state index contributed by atoms with van der Waals surface area (Å²) >= 11 is 0. The number of hydrogen-bond donors (Lipinski definition) is 1. The van der Waals surface area contributed by atoms with Crippen molar-refractivity contribution >= 4 is 22.1 Å². The van der Waals surface area contributed by atoms with E-state index >= 15 is 0 Å². The van der Waals surface area contributed by atoms with Gasteiger partial charge in [0.15, 0.2) is 0 Å². The zero-order valence-electron chi connectivity index (χ0n) is 12.0. The third kappa shape index (κ3) is 3.51. The number of rotatable bonds is 5. The van der Waals surface area contributed by atoms with Crippen molar-refractivity contribution in [3.8, 4) is 0 Å². The summed E-state index contributed by atoms with van der Waals surface area (Å²) in [6.45, 7) is 1.93. The minimum absolute atomic E-state index is 0.113. The lowest BCUT2D eigenvalue weighted by Gasteiger charge is -2.07. The van der Waals surface area contributed by atoms with Crippen molar-refractivity contribution in [1.29, 1.82) is 0 Å². The van der Waals surface area contributed by atoms with Gasteiger partial charge in [-0.05, 0) is 18.4 Å². The van der Waals surface area contributed by atoms with E-state index in [2.05, 4.69) is 25.1 Å². The van der Waals surface area contributed by atoms with Crippen molar-refractivity contribution in [2.75, 3.05) is 13.1 Å². The van der Waals surface area contributed by atoms with Crippen LogP contribution in [0.2, 0.25) is 0 Å². The molecule has 1 aliphatic rings. The Bertz CT molecular complexity index is 749. The van der Waals surface area contributed by atoms with Crippen LogP contribution in [0.3, 0.4) is 0 Å². The minimum atomic E-state index is -3.55. The molecule has 1 aromatic heterocycles. The average Bonchev–Trinajstić information content (AvgIpc) is 3.18. The zero-order chi connectivity index (χ0) is 15.4. The number of nitrogens with zero attached hydrogens (tertiary/aromatic N) is 4. The molecule has 1 aliphatic heterocycles. The van der Waals surface area contributed by atoms with Gasteiger partial charge in [0.2, 0.25) is 15.0 Å². The summed E-state index contributed by atoms with van der Waals surface area (Å²) < 4.78 is 24.6. The molecule has 2 heterocycles. The number of aromatic nitrogens is 3. The van der Waals surface area contributed by atoms with Gasteiger partial charge in [0.05, 0.1) is 12.1 Å². The Balaban J connectivity index is 1.72. The molecule has 0 spiro atoms. The van der Waals surface area contributed by atoms with Crippen molar-refractivity contribution in [2.24, 2.45) is 4.99 Å². The Morgan fingerprint density at radius 3 is 2.68 bits per heavy atom. The molecule has 116 valence electrons. The summed E-state index contributed by atoms with van der Waals surface area (Å²) in [5, 5.41) is 6.16. The van der Waals surface area contributed by atoms with Crippen LogP contribution < -0.4 is 0 Å². The van der Waals surface area contributed by atoms with Gasteiger partial charge in [0, 0.05) is 13.1 Å². The summed E-state index contributed by atoms with van der Waals surface area (Å²) in [6.07, 6.45) is 3.97. The first-order chi connectivity index (χ1) is 10.6. The molecule has 0 bridgehead atoms. The number of likely N-dealkylation sites (tertiary alicyclic amines) is 1. The molecule has 1 fully saturated rings. The highest BCUT2D eigenvalue weighted by molar-refractivity contribution is 7.90. The van der Waals surface area contributed by atoms with E-state index in [4.69, 9.17) is 0 Å². The molecule has 0 amide bonds. The first-order valence-electron chi connectivity index (χ1n) is 7.11. The Morgan fingerprint density at radius 2 is 1.95 bits per heavy atom. The van der Waals surface area contributed by atoms with Crippen LogP contribution in [-0.4, -0.2) is 47.9 Å². The SMILES string of the molecule is O=S(=O)(Cc1ccccc1)c1nc(/N=C/N2CCCC2)n[nH]1. The van der Waals surface area contributed by atoms with Crippen LogP contribution in [0.4, 0.5) is 5.95 Å². The molecule has 0 radical (unpaired) electrons. The van der Waals surface area contributed by atoms with Gasteiger partial charge in [-0.2, -0.15) is 4.98 Å². The maximum Gasteiger partial charge on any atom is 0.270 e. The van der Waals surface area contributed by atoms with Crippen LogP contribution in [0, 0.1) is 0 Å². The van der Waals surface area contributed by atoms with Crippen molar-refractivity contribution in [3.05, 3.63) is 35.9 Å². The Labute approximate surface area is 129 Å². The van der Waals surface area contributed by atoms with Crippen LogP contribution in [0.1, 0.15) is 18.4 Å². The van der Waals surface area contributed by atoms with Gasteiger partial charge in [-0.1, -0.05) is 30.3 Å². The van der Waals surface area contributed by atoms with Crippen LogP contribution in [0.15, 0.2) is 40.5 Å². The molecule has 0 saturated carbocycles. The minimum Gasteiger partial charge on any atom is -0.362 e. The monoisotopic (exact) mass is 319 g/mol. The third-order valence-electron chi connectivity index (χ3n) is 3.42. The molecule has 0 unspecified atom stereocenters. The molecule has 3 rings (SSSR count). The number of aromatic amines is 1. The molecule has 8 heteroatoms. The number of aliphatic imine (C=N–C) groups is 1. The standard InChI is InChI=1S/C14H17N5O2S/c20-22(21,10-12-6-2-1-3-7-12)14-16-13(17-18-14)15-11-19-8-4-5-9-19/h1-3,6-7,11H,4-5,8-10H2,(H,16,17,18)/b15-11+. The second-order valence-electron chi connectivity index (χ2n) is 5.17. The van der Waals surface area contributed by atoms with Gasteiger partial charge < -0.3 is 4.90 Å². The normalized spacial score (nSPS) is 15.7. The van der Waals surface area contributed by atoms with E-state index in [1.807, 2.05) is 6.07 Å². The second-order valence-corrected chi connectivity index (χ2v) is 7.08. The molecular formula is C14H17N5O2S. The molecule has 0 atom stereocenters. The van der Waals surface area contributed by atoms with E-state index in [1.54, 1.807) is 30.6 Å². The summed E-state index contributed by atoms with van der Waals surface area (Å²) in [4.78, 5) is 10.1. The molecule has 1 aromatic carbocycles. The maximum atomic E-state index is 12.3. The van der Waals surface area contributed by atoms with E-state index in [0.29, 0.717) is 5.56 Å². The van der Waals surface area contributed by atoms with Crippen molar-refractivity contribution < 1.29 is 8.42 Å². The quantitative estimate of drug-likeness (QED) is 0.666. The van der Waals surface area contributed by atoms with E-state index in [9.17, 15) is 8.42 Å². The lowest BCUT2D eigenvalue weighted by atomic mass is 10.2. The van der Waals surface area contributed by atoms with E-state index < -0.39 is 9.84 Å². The number of hydrogen-bond acceptors (Lipinski definition) is 5. The van der Waals surface area contributed by atoms with Crippen molar-refractivity contribution in [1.82, 2.24) is 20.1 Å². The first-order valence-corrected chi connectivity index (χ1v) is 8.76. The van der Waals surface area contributed by atoms with Gasteiger partial charge >= 0.3 is 0 Å². The Hall–Kier alpha value is -2.22. The smallest absolute Gasteiger partial charge is 0.270 e. The van der Waals surface area contributed by atoms with E-state index in [1.165, 1.54) is 0 Å². The Kier molecular flexibility index (Phi) is 4.19. The molecule has 1 saturated heterocycles. The lowest BCUT2D eigenvalue weighted by molar-refractivity contribution is 0.535. The first kappa shape index (κ1) is 14.7. The average molecular weight is 319 g/mol. The topological polar surface area (TPSA) is 91.3 Å². The molecule has 22 heavy (non-hydrogen) atoms. The number of nitrogens with one attached hydrogen (secondary N) is 1. The van der Waals surface area contributed by atoms with E-state index in [-0.39, 0.29) is 16.9 Å². The Morgan fingerprint density at radius 1 is 1.23 bits per heavy atom. The molecule has 1 N–H and O–H groups in total. The summed E-state index contributed by atoms with van der Waals surface area (Å²) in [5.41, 5.74) is 0.709. The summed E-state index contributed by atoms with van der Waals surface area (Å²) in [5.74, 6) is 0.0247. The van der Waals surface area contributed by atoms with Crippen molar-refractivity contribution in [2.45, 2.75) is 23.8 Å². The van der Waals surface area contributed by atoms with Gasteiger partial charge in [-0.25, -0.2) is 18.5 Å². The fourth-order valence-corrected chi connectivity index (χ4v) is 3.46. The van der Waals surface area contributed by atoms with Crippen LogP contribution in [0.5, 0.6) is 0 Å². The van der Waals surface area contributed by atoms with Crippen molar-refractivity contribution in [3.63, 3.8) is 0 Å². The highest BCUT2D eigenvalue weighted by atomic mass is 32.2. The van der Waals surface area contributed by atoms with Gasteiger partial charge in [0.1, 0.15) is 0 Å². The predicted molar refractivity (Wildman–Crippen MR) is 82.7 cm³/mol. The van der Waals surface area contributed by atoms with Gasteiger partial charge in [-0.15, -0.1) is 5.10 Å². The lowest BCUT2D eigenvalue weighted by Crippen LogP contribution is -2.16. The highest BCUT2D eigenvalue weighted by Crippen LogP contribution is 2.15. The van der Waals surface area contributed by atoms with Crippen LogP contribution in [0.25, 0.3) is 0 Å². The fourth-order valence-electron chi connectivity index (χ4n) is 2.29. The van der Waals surface area contributed by atoms with Crippen LogP contribution in [-0.2, 0) is 15.6 Å². The highest BCUT2D eigenvalue weighted by Gasteiger charge is 2.20. The number of sulfone groups is 1. The van der Waals surface area contributed by atoms with Crippen LogP contribution >= 0.6 is 0 Å². The van der Waals surface area contributed by atoms with Gasteiger partial charge in [-0.3, -0.25) is 0 Å². The molecule has 2 aromatic rings.